The van der Waals surface area contributed by atoms with Crippen molar-refractivity contribution in [3.63, 3.8) is 0 Å². The monoisotopic (exact) mass is 329 g/mol. The molecule has 1 N–H and O–H groups in total. The molecule has 24 heavy (non-hydrogen) atoms. The van der Waals surface area contributed by atoms with Gasteiger partial charge in [-0.05, 0) is 61.6 Å². The van der Waals surface area contributed by atoms with E-state index in [0.29, 0.717) is 11.8 Å². The second kappa shape index (κ2) is 7.37. The highest BCUT2D eigenvalue weighted by atomic mass is 16.4. The highest BCUT2D eigenvalue weighted by Gasteiger charge is 2.29. The van der Waals surface area contributed by atoms with E-state index in [1.807, 2.05) is 19.2 Å². The maximum atomic E-state index is 12.3. The molecule has 0 heterocycles. The topological polar surface area (TPSA) is 57.6 Å². The Labute approximate surface area is 143 Å². The van der Waals surface area contributed by atoms with Crippen LogP contribution in [-0.4, -0.2) is 24.0 Å². The fourth-order valence-corrected chi connectivity index (χ4v) is 4.05. The summed E-state index contributed by atoms with van der Waals surface area (Å²) in [6, 6.07) is 8.31. The van der Waals surface area contributed by atoms with Crippen molar-refractivity contribution < 1.29 is 14.7 Å². The molecule has 4 heteroatoms. The first kappa shape index (κ1) is 17.0. The largest absolute Gasteiger partial charge is 0.481 e. The summed E-state index contributed by atoms with van der Waals surface area (Å²) >= 11 is 0. The van der Waals surface area contributed by atoms with Crippen LogP contribution in [0.4, 0.5) is 5.69 Å². The Balaban J connectivity index is 1.63. The van der Waals surface area contributed by atoms with Gasteiger partial charge in [0.1, 0.15) is 0 Å². The molecule has 0 saturated heterocycles. The number of carbonyl (C=O) groups is 2. The molecule has 1 amide bonds. The van der Waals surface area contributed by atoms with Gasteiger partial charge in [-0.1, -0.05) is 25.0 Å². The number of carboxylic acids is 1. The van der Waals surface area contributed by atoms with Crippen LogP contribution in [0.3, 0.4) is 0 Å². The fraction of sp³-hybridized carbons (Fsp3) is 0.600. The number of rotatable bonds is 5. The lowest BCUT2D eigenvalue weighted by Crippen LogP contribution is -2.36. The molecule has 2 fully saturated rings. The highest BCUT2D eigenvalue weighted by molar-refractivity contribution is 5.94. The first-order chi connectivity index (χ1) is 11.5. The molecule has 0 bridgehead atoms. The minimum Gasteiger partial charge on any atom is -0.481 e. The number of carboxylic acid groups (broad SMARTS) is 1. The van der Waals surface area contributed by atoms with Gasteiger partial charge in [0.25, 0.3) is 0 Å². The molecular formula is C20H27NO3. The molecule has 2 atom stereocenters. The summed E-state index contributed by atoms with van der Waals surface area (Å²) in [4.78, 5) is 25.0. The summed E-state index contributed by atoms with van der Waals surface area (Å²) in [6.07, 6.45) is 7.72. The SMILES string of the molecule is CN(C(=O)C1CCC1)c1ccc([C@H]2CCC[C@@H](CC(=O)O)C2)cc1. The summed E-state index contributed by atoms with van der Waals surface area (Å²) in [7, 11) is 1.86. The van der Waals surface area contributed by atoms with Crippen LogP contribution in [0.2, 0.25) is 0 Å². The number of hydrogen-bond acceptors (Lipinski definition) is 2. The van der Waals surface area contributed by atoms with Gasteiger partial charge in [0.05, 0.1) is 0 Å². The Morgan fingerprint density at radius 1 is 1.08 bits per heavy atom. The van der Waals surface area contributed by atoms with Crippen LogP contribution in [0.5, 0.6) is 0 Å². The van der Waals surface area contributed by atoms with Gasteiger partial charge < -0.3 is 10.0 Å². The molecule has 130 valence electrons. The van der Waals surface area contributed by atoms with E-state index in [2.05, 4.69) is 12.1 Å². The van der Waals surface area contributed by atoms with E-state index in [1.54, 1.807) is 4.90 Å². The predicted molar refractivity (Wildman–Crippen MR) is 94.1 cm³/mol. The Morgan fingerprint density at radius 2 is 1.75 bits per heavy atom. The third kappa shape index (κ3) is 3.80. The van der Waals surface area contributed by atoms with E-state index in [1.165, 1.54) is 12.0 Å². The minimum absolute atomic E-state index is 0.213. The second-order valence-corrected chi connectivity index (χ2v) is 7.44. The Hall–Kier alpha value is -1.84. The van der Waals surface area contributed by atoms with E-state index in [-0.39, 0.29) is 18.2 Å². The number of anilines is 1. The average Bonchev–Trinajstić information content (AvgIpc) is 2.52. The van der Waals surface area contributed by atoms with Crippen LogP contribution in [0.1, 0.15) is 62.8 Å². The van der Waals surface area contributed by atoms with Gasteiger partial charge in [0.2, 0.25) is 5.91 Å². The number of amides is 1. The molecule has 0 aliphatic heterocycles. The van der Waals surface area contributed by atoms with Crippen molar-refractivity contribution in [2.75, 3.05) is 11.9 Å². The maximum Gasteiger partial charge on any atom is 0.303 e. The second-order valence-electron chi connectivity index (χ2n) is 7.44. The van der Waals surface area contributed by atoms with Crippen molar-refractivity contribution in [3.8, 4) is 0 Å². The predicted octanol–water partition coefficient (Wildman–Crippen LogP) is 4.20. The molecule has 0 spiro atoms. The normalized spacial score (nSPS) is 24.2. The van der Waals surface area contributed by atoms with Crippen LogP contribution >= 0.6 is 0 Å². The van der Waals surface area contributed by atoms with Gasteiger partial charge in [0, 0.05) is 25.1 Å². The highest BCUT2D eigenvalue weighted by Crippen LogP contribution is 2.38. The van der Waals surface area contributed by atoms with E-state index >= 15 is 0 Å². The Kier molecular flexibility index (Phi) is 5.22. The number of nitrogens with zero attached hydrogens (tertiary/aromatic N) is 1. The van der Waals surface area contributed by atoms with Crippen LogP contribution in [0.15, 0.2) is 24.3 Å². The average molecular weight is 329 g/mol. The van der Waals surface area contributed by atoms with Gasteiger partial charge in [-0.3, -0.25) is 9.59 Å². The fourth-order valence-electron chi connectivity index (χ4n) is 4.05. The lowest BCUT2D eigenvalue weighted by Gasteiger charge is -2.30. The zero-order chi connectivity index (χ0) is 17.1. The summed E-state index contributed by atoms with van der Waals surface area (Å²) in [5.74, 6) is 0.499. The molecule has 2 aliphatic rings. The zero-order valence-corrected chi connectivity index (χ0v) is 14.4. The Bertz CT molecular complexity index is 591. The van der Waals surface area contributed by atoms with Gasteiger partial charge in [-0.15, -0.1) is 0 Å². The lowest BCUT2D eigenvalue weighted by molar-refractivity contribution is -0.138. The van der Waals surface area contributed by atoms with Crippen molar-refractivity contribution in [3.05, 3.63) is 29.8 Å². The standard InChI is InChI=1S/C20H27NO3/c1-21(20(24)16-5-3-6-16)18-10-8-15(9-11-18)17-7-2-4-14(12-17)13-19(22)23/h8-11,14,16-17H,2-7,12-13H2,1H3,(H,22,23)/t14-,17+/m1/s1. The number of benzene rings is 1. The van der Waals surface area contributed by atoms with Crippen LogP contribution in [0.25, 0.3) is 0 Å². The number of carbonyl (C=O) groups excluding carboxylic acids is 1. The van der Waals surface area contributed by atoms with Crippen molar-refractivity contribution in [1.82, 2.24) is 0 Å². The van der Waals surface area contributed by atoms with Crippen LogP contribution in [0, 0.1) is 11.8 Å². The molecule has 0 unspecified atom stereocenters. The summed E-state index contributed by atoms with van der Waals surface area (Å²) in [5, 5.41) is 9.00. The van der Waals surface area contributed by atoms with E-state index in [0.717, 1.165) is 44.2 Å². The van der Waals surface area contributed by atoms with E-state index in [4.69, 9.17) is 5.11 Å². The Morgan fingerprint density at radius 3 is 2.33 bits per heavy atom. The molecule has 4 nitrogen and oxygen atoms in total. The smallest absolute Gasteiger partial charge is 0.303 e. The van der Waals surface area contributed by atoms with E-state index < -0.39 is 5.97 Å². The third-order valence-corrected chi connectivity index (χ3v) is 5.78. The van der Waals surface area contributed by atoms with Gasteiger partial charge in [0.15, 0.2) is 0 Å². The van der Waals surface area contributed by atoms with Gasteiger partial charge in [-0.2, -0.15) is 0 Å². The summed E-state index contributed by atoms with van der Waals surface area (Å²) < 4.78 is 0. The molecule has 2 saturated carbocycles. The van der Waals surface area contributed by atoms with Gasteiger partial charge in [-0.25, -0.2) is 0 Å². The number of aliphatic carboxylic acids is 1. The van der Waals surface area contributed by atoms with Crippen molar-refractivity contribution in [2.24, 2.45) is 11.8 Å². The van der Waals surface area contributed by atoms with Crippen LogP contribution in [-0.2, 0) is 9.59 Å². The first-order valence-corrected chi connectivity index (χ1v) is 9.14. The number of hydrogen-bond donors (Lipinski definition) is 1. The molecule has 0 radical (unpaired) electrons. The molecule has 1 aromatic carbocycles. The molecule has 2 aliphatic carbocycles. The molecule has 1 aromatic rings. The zero-order valence-electron chi connectivity index (χ0n) is 14.4. The quantitative estimate of drug-likeness (QED) is 0.881. The minimum atomic E-state index is -0.688. The van der Waals surface area contributed by atoms with Gasteiger partial charge >= 0.3 is 5.97 Å². The lowest BCUT2D eigenvalue weighted by atomic mass is 9.77. The van der Waals surface area contributed by atoms with Crippen molar-refractivity contribution in [1.29, 1.82) is 0 Å². The maximum absolute atomic E-state index is 12.3. The molecular weight excluding hydrogens is 302 g/mol. The summed E-state index contributed by atoms with van der Waals surface area (Å²) in [6.45, 7) is 0. The van der Waals surface area contributed by atoms with Crippen molar-refractivity contribution in [2.45, 2.75) is 57.3 Å². The van der Waals surface area contributed by atoms with Crippen LogP contribution < -0.4 is 4.90 Å². The molecule has 0 aromatic heterocycles. The molecule has 3 rings (SSSR count). The summed E-state index contributed by atoms with van der Waals surface area (Å²) in [5.41, 5.74) is 2.23. The van der Waals surface area contributed by atoms with Crippen molar-refractivity contribution >= 4 is 17.6 Å². The van der Waals surface area contributed by atoms with E-state index in [9.17, 15) is 9.59 Å². The third-order valence-electron chi connectivity index (χ3n) is 5.78. The first-order valence-electron chi connectivity index (χ1n) is 9.14.